The van der Waals surface area contributed by atoms with Gasteiger partial charge in [-0.2, -0.15) is 0 Å². The van der Waals surface area contributed by atoms with Crippen LogP contribution in [0.5, 0.6) is 0 Å². The van der Waals surface area contributed by atoms with E-state index in [1.165, 1.54) is 18.3 Å². The predicted molar refractivity (Wildman–Crippen MR) is 78.2 cm³/mol. The number of aromatic carboxylic acids is 1. The predicted octanol–water partition coefficient (Wildman–Crippen LogP) is 0.494. The number of aromatic nitrogens is 1. The summed E-state index contributed by atoms with van der Waals surface area (Å²) in [5.41, 5.74) is 0.281. The van der Waals surface area contributed by atoms with Gasteiger partial charge in [0.15, 0.2) is 0 Å². The van der Waals surface area contributed by atoms with Crippen molar-refractivity contribution in [1.29, 1.82) is 0 Å². The number of hydrogen-bond donors (Lipinski definition) is 1. The molecule has 2 aromatic rings. The molecule has 0 aliphatic rings. The molecule has 0 spiro atoms. The molecule has 0 saturated heterocycles. The Morgan fingerprint density at radius 3 is 2.50 bits per heavy atom. The Kier molecular flexibility index (Phi) is 5.26. The minimum atomic E-state index is -1.36. The maximum atomic E-state index is 11.8. The van der Waals surface area contributed by atoms with Crippen LogP contribution in [0.25, 0.3) is 0 Å². The van der Waals surface area contributed by atoms with Crippen molar-refractivity contribution in [3.05, 3.63) is 59.8 Å². The highest BCUT2D eigenvalue weighted by molar-refractivity contribution is 8.00. The topological polar surface area (TPSA) is 99.2 Å². The fourth-order valence-electron chi connectivity index (χ4n) is 1.62. The summed E-state index contributed by atoms with van der Waals surface area (Å²) in [5.74, 6) is -2.53. The highest BCUT2D eigenvalue weighted by atomic mass is 32.2. The number of rotatable bonds is 5. The van der Waals surface area contributed by atoms with Crippen molar-refractivity contribution < 1.29 is 19.5 Å². The first kappa shape index (κ1) is 15.7. The van der Waals surface area contributed by atoms with Crippen LogP contribution in [-0.4, -0.2) is 28.5 Å². The summed E-state index contributed by atoms with van der Waals surface area (Å²) >= 11 is 0.924. The molecule has 0 radical (unpaired) electrons. The van der Waals surface area contributed by atoms with Gasteiger partial charge in [-0.15, -0.1) is 0 Å². The molecule has 6 nitrogen and oxygen atoms in total. The second-order valence-electron chi connectivity index (χ2n) is 4.18. The number of imide groups is 1. The van der Waals surface area contributed by atoms with Gasteiger partial charge in [0.05, 0.1) is 11.7 Å². The highest BCUT2D eigenvalue weighted by Crippen LogP contribution is 2.19. The Labute approximate surface area is 130 Å². The Bertz CT molecular complexity index is 704. The van der Waals surface area contributed by atoms with Gasteiger partial charge >= 0.3 is 0 Å². The van der Waals surface area contributed by atoms with Gasteiger partial charge in [-0.25, -0.2) is 4.98 Å². The summed E-state index contributed by atoms with van der Waals surface area (Å²) in [6, 6.07) is 11.1. The quantitative estimate of drug-likeness (QED) is 0.806. The molecule has 112 valence electrons. The lowest BCUT2D eigenvalue weighted by molar-refractivity contribution is -0.255. The Balaban J connectivity index is 1.94. The molecule has 0 aliphatic carbocycles. The number of nitrogens with zero attached hydrogens (tertiary/aromatic N) is 1. The maximum Gasteiger partial charge on any atom is 0.257 e. The Morgan fingerprint density at radius 1 is 1.09 bits per heavy atom. The molecular formula is C15H11N2O4S-. The average molecular weight is 315 g/mol. The largest absolute Gasteiger partial charge is 0.545 e. The normalized spacial score (nSPS) is 10.0. The Morgan fingerprint density at radius 2 is 1.82 bits per heavy atom. The third kappa shape index (κ3) is 4.16. The molecule has 2 amide bonds. The number of nitrogens with one attached hydrogen (secondary N) is 1. The first-order chi connectivity index (χ1) is 10.6. The number of pyridine rings is 1. The molecule has 0 bridgehead atoms. The third-order valence-corrected chi connectivity index (χ3v) is 3.63. The van der Waals surface area contributed by atoms with Crippen molar-refractivity contribution in [2.45, 2.75) is 5.03 Å². The molecular weight excluding hydrogens is 304 g/mol. The Hall–Kier alpha value is -2.67. The van der Waals surface area contributed by atoms with Crippen LogP contribution in [0.1, 0.15) is 20.7 Å². The van der Waals surface area contributed by atoms with Crippen LogP contribution < -0.4 is 10.4 Å². The molecule has 0 aliphatic heterocycles. The van der Waals surface area contributed by atoms with Crippen LogP contribution >= 0.6 is 11.8 Å². The second-order valence-corrected chi connectivity index (χ2v) is 5.14. The molecule has 0 fully saturated rings. The number of carboxylic acid groups (broad SMARTS) is 1. The first-order valence-electron chi connectivity index (χ1n) is 6.26. The summed E-state index contributed by atoms with van der Waals surface area (Å²) in [6.07, 6.45) is 1.42. The van der Waals surface area contributed by atoms with Crippen molar-refractivity contribution in [1.82, 2.24) is 10.3 Å². The number of carbonyl (C=O) groups is 3. The van der Waals surface area contributed by atoms with E-state index in [1.54, 1.807) is 30.3 Å². The summed E-state index contributed by atoms with van der Waals surface area (Å²) in [6.45, 7) is 0. The number of thioether (sulfide) groups is 1. The maximum absolute atomic E-state index is 11.8. The van der Waals surface area contributed by atoms with Crippen molar-refractivity contribution in [2.75, 3.05) is 5.75 Å². The van der Waals surface area contributed by atoms with Gasteiger partial charge in [-0.05, 0) is 24.3 Å². The van der Waals surface area contributed by atoms with Gasteiger partial charge in [0.1, 0.15) is 5.03 Å². The molecule has 2 rings (SSSR count). The van der Waals surface area contributed by atoms with E-state index in [4.69, 9.17) is 0 Å². The summed E-state index contributed by atoms with van der Waals surface area (Å²) in [5, 5.41) is 13.3. The average Bonchev–Trinajstić information content (AvgIpc) is 2.54. The summed E-state index contributed by atoms with van der Waals surface area (Å²) in [4.78, 5) is 38.3. The smallest absolute Gasteiger partial charge is 0.257 e. The lowest BCUT2D eigenvalue weighted by Crippen LogP contribution is -2.32. The number of hydrogen-bond acceptors (Lipinski definition) is 6. The zero-order chi connectivity index (χ0) is 15.9. The fourth-order valence-corrected chi connectivity index (χ4v) is 2.40. The molecule has 7 heteroatoms. The number of carboxylic acids is 1. The summed E-state index contributed by atoms with van der Waals surface area (Å²) < 4.78 is 0. The van der Waals surface area contributed by atoms with Gasteiger partial charge in [0.2, 0.25) is 5.91 Å². The molecule has 1 aromatic carbocycles. The van der Waals surface area contributed by atoms with Gasteiger partial charge < -0.3 is 9.90 Å². The van der Waals surface area contributed by atoms with E-state index in [0.29, 0.717) is 5.56 Å². The molecule has 1 heterocycles. The van der Waals surface area contributed by atoms with Gasteiger partial charge in [0, 0.05) is 17.3 Å². The van der Waals surface area contributed by atoms with Crippen molar-refractivity contribution in [2.24, 2.45) is 0 Å². The lowest BCUT2D eigenvalue weighted by atomic mass is 10.2. The zero-order valence-corrected chi connectivity index (χ0v) is 12.1. The minimum Gasteiger partial charge on any atom is -0.545 e. The third-order valence-electron chi connectivity index (χ3n) is 2.62. The molecule has 0 saturated carbocycles. The van der Waals surface area contributed by atoms with E-state index in [0.717, 1.165) is 11.8 Å². The van der Waals surface area contributed by atoms with Gasteiger partial charge in [0.25, 0.3) is 5.91 Å². The van der Waals surface area contributed by atoms with E-state index in [-0.39, 0.29) is 16.3 Å². The van der Waals surface area contributed by atoms with E-state index in [1.807, 2.05) is 0 Å². The number of carbonyl (C=O) groups excluding carboxylic acids is 3. The van der Waals surface area contributed by atoms with E-state index >= 15 is 0 Å². The van der Waals surface area contributed by atoms with Crippen LogP contribution in [0.15, 0.2) is 53.7 Å². The van der Waals surface area contributed by atoms with Crippen LogP contribution in [0.2, 0.25) is 0 Å². The lowest BCUT2D eigenvalue weighted by Gasteiger charge is -2.08. The molecule has 0 unspecified atom stereocenters. The standard InChI is InChI=1S/C15H12N2O4S/c18-12(17-13(19)10-5-2-1-3-6-10)9-22-14-11(15(20)21)7-4-8-16-14/h1-8H,9H2,(H,20,21)(H,17,18,19)/p-1. The first-order valence-corrected chi connectivity index (χ1v) is 7.25. The van der Waals surface area contributed by atoms with E-state index < -0.39 is 17.8 Å². The molecule has 1 N–H and O–H groups in total. The molecule has 22 heavy (non-hydrogen) atoms. The zero-order valence-electron chi connectivity index (χ0n) is 11.3. The second kappa shape index (κ2) is 7.37. The van der Waals surface area contributed by atoms with Crippen molar-refractivity contribution >= 4 is 29.5 Å². The molecule has 1 aromatic heterocycles. The van der Waals surface area contributed by atoms with Crippen LogP contribution in [-0.2, 0) is 4.79 Å². The minimum absolute atomic E-state index is 0.0883. The van der Waals surface area contributed by atoms with Crippen molar-refractivity contribution in [3.63, 3.8) is 0 Å². The van der Waals surface area contributed by atoms with Crippen LogP contribution in [0, 0.1) is 0 Å². The molecule has 0 atom stereocenters. The van der Waals surface area contributed by atoms with Crippen LogP contribution in [0.4, 0.5) is 0 Å². The van der Waals surface area contributed by atoms with Crippen molar-refractivity contribution in [3.8, 4) is 0 Å². The monoisotopic (exact) mass is 315 g/mol. The highest BCUT2D eigenvalue weighted by Gasteiger charge is 2.12. The number of amides is 2. The van der Waals surface area contributed by atoms with Gasteiger partial charge in [-0.3, -0.25) is 14.9 Å². The SMILES string of the molecule is O=C(CSc1ncccc1C(=O)[O-])NC(=O)c1ccccc1. The van der Waals surface area contributed by atoms with E-state index in [9.17, 15) is 19.5 Å². The van der Waals surface area contributed by atoms with E-state index in [2.05, 4.69) is 10.3 Å². The fraction of sp³-hybridized carbons (Fsp3) is 0.0667. The number of benzene rings is 1. The van der Waals surface area contributed by atoms with Crippen LogP contribution in [0.3, 0.4) is 0 Å². The van der Waals surface area contributed by atoms with Gasteiger partial charge in [-0.1, -0.05) is 30.0 Å². The summed E-state index contributed by atoms with van der Waals surface area (Å²) in [7, 11) is 0.